The van der Waals surface area contributed by atoms with E-state index in [1.165, 1.54) is 5.56 Å². The van der Waals surface area contributed by atoms with Gasteiger partial charge in [-0.15, -0.1) is 11.3 Å². The highest BCUT2D eigenvalue weighted by Crippen LogP contribution is 2.39. The lowest BCUT2D eigenvalue weighted by Gasteiger charge is -2.33. The van der Waals surface area contributed by atoms with Crippen LogP contribution >= 0.6 is 11.3 Å². The number of thiazole rings is 1. The van der Waals surface area contributed by atoms with Crippen molar-refractivity contribution in [2.24, 2.45) is 0 Å². The molecule has 0 atom stereocenters. The fourth-order valence-corrected chi connectivity index (χ4v) is 8.42. The normalized spacial score (nSPS) is 15.2. The zero-order chi connectivity index (χ0) is 26.9. The molecule has 2 heterocycles. The first-order valence-corrected chi connectivity index (χ1v) is 15.7. The van der Waals surface area contributed by atoms with E-state index >= 15 is 0 Å². The smallest absolute Gasteiger partial charge is 0.185 e. The van der Waals surface area contributed by atoms with E-state index in [0.717, 1.165) is 33.3 Å². The molecule has 0 aliphatic carbocycles. The fourth-order valence-electron chi connectivity index (χ4n) is 5.13. The second kappa shape index (κ2) is 11.2. The van der Waals surface area contributed by atoms with Gasteiger partial charge in [0.25, 0.3) is 0 Å². The molecule has 1 aliphatic rings. The Kier molecular flexibility index (Phi) is 8.34. The van der Waals surface area contributed by atoms with Gasteiger partial charge < -0.3 is 9.64 Å². The first kappa shape index (κ1) is 27.6. The third-order valence-corrected chi connectivity index (χ3v) is 10.7. The average molecular weight is 541 g/mol. The number of aromatic nitrogens is 1. The molecule has 5 nitrogen and oxygen atoms in total. The van der Waals surface area contributed by atoms with E-state index < -0.39 is 9.84 Å². The van der Waals surface area contributed by atoms with Gasteiger partial charge in [0, 0.05) is 24.0 Å². The largest absolute Gasteiger partial charge is 0.496 e. The van der Waals surface area contributed by atoms with Gasteiger partial charge in [0.2, 0.25) is 0 Å². The summed E-state index contributed by atoms with van der Waals surface area (Å²) in [5.41, 5.74) is 5.02. The summed E-state index contributed by atoms with van der Waals surface area (Å²) in [4.78, 5) is 7.69. The minimum absolute atomic E-state index is 0.143. The summed E-state index contributed by atoms with van der Waals surface area (Å²) in [5.74, 6) is 1.44. The van der Waals surface area contributed by atoms with E-state index in [9.17, 15) is 8.42 Å². The molecule has 0 bridgehead atoms. The van der Waals surface area contributed by atoms with Crippen molar-refractivity contribution in [3.8, 4) is 17.0 Å². The van der Waals surface area contributed by atoms with Gasteiger partial charge in [0.1, 0.15) is 5.75 Å². The highest BCUT2D eigenvalue weighted by Gasteiger charge is 2.36. The van der Waals surface area contributed by atoms with Gasteiger partial charge in [-0.1, -0.05) is 65.8 Å². The Bertz CT molecular complexity index is 1310. The molecule has 1 aliphatic heterocycles. The summed E-state index contributed by atoms with van der Waals surface area (Å²) in [5, 5.41) is 2.61. The molecule has 0 saturated carbocycles. The van der Waals surface area contributed by atoms with E-state index in [-0.39, 0.29) is 17.1 Å². The molecule has 1 aromatic heterocycles. The molecule has 4 rings (SSSR count). The lowest BCUT2D eigenvalue weighted by molar-refractivity contribution is 0.416. The molecule has 1 saturated heterocycles. The number of sulfone groups is 1. The summed E-state index contributed by atoms with van der Waals surface area (Å²) >= 11 is 1.60. The van der Waals surface area contributed by atoms with Crippen LogP contribution in [0.25, 0.3) is 11.3 Å². The number of methoxy groups -OCH3 is 1. The third kappa shape index (κ3) is 5.58. The van der Waals surface area contributed by atoms with Gasteiger partial charge in [-0.05, 0) is 59.4 Å². The average Bonchev–Trinajstić information content (AvgIpc) is 3.38. The van der Waals surface area contributed by atoms with E-state index in [1.807, 2.05) is 24.3 Å². The van der Waals surface area contributed by atoms with Crippen LogP contribution in [0.3, 0.4) is 0 Å². The summed E-state index contributed by atoms with van der Waals surface area (Å²) in [6, 6.07) is 12.2. The number of para-hydroxylation sites is 1. The minimum Gasteiger partial charge on any atom is -0.496 e. The van der Waals surface area contributed by atoms with Crippen molar-refractivity contribution in [2.75, 3.05) is 25.1 Å². The van der Waals surface area contributed by atoms with E-state index in [2.05, 4.69) is 64.0 Å². The van der Waals surface area contributed by atoms with Gasteiger partial charge in [0.05, 0.1) is 22.9 Å². The Balaban J connectivity index is 1.59. The Morgan fingerprint density at radius 1 is 0.946 bits per heavy atom. The molecule has 3 aromatic rings. The molecule has 37 heavy (non-hydrogen) atoms. The van der Waals surface area contributed by atoms with Gasteiger partial charge in [-0.2, -0.15) is 0 Å². The summed E-state index contributed by atoms with van der Waals surface area (Å²) < 4.78 is 33.9. The molecular formula is C30H40N2O3S2. The van der Waals surface area contributed by atoms with Gasteiger partial charge in [-0.25, -0.2) is 13.4 Å². The van der Waals surface area contributed by atoms with Crippen molar-refractivity contribution in [2.45, 2.75) is 82.3 Å². The number of hydrogen-bond acceptors (Lipinski definition) is 6. The Morgan fingerprint density at radius 3 is 2.08 bits per heavy atom. The standard InChI is InChI=1S/C30H40N2O3S2/c1-19(2)22-16-25(20(3)4)29(26(17-22)21(5)6)37(33,34)23-12-14-32(15-13-23)30-31-27(18-36-30)24-10-8-9-11-28(24)35-7/h8-11,16-21,23H,12-15H2,1-7H3. The maximum Gasteiger partial charge on any atom is 0.185 e. The molecule has 0 spiro atoms. The molecule has 7 heteroatoms. The van der Waals surface area contributed by atoms with Crippen LogP contribution < -0.4 is 9.64 Å². The quantitative estimate of drug-likeness (QED) is 0.294. The second-order valence-corrected chi connectivity index (χ2v) is 13.9. The van der Waals surface area contributed by atoms with Gasteiger partial charge >= 0.3 is 0 Å². The third-order valence-electron chi connectivity index (χ3n) is 7.39. The maximum atomic E-state index is 14.2. The van der Waals surface area contributed by atoms with Crippen LogP contribution in [-0.4, -0.2) is 38.9 Å². The molecule has 200 valence electrons. The molecule has 0 amide bonds. The minimum atomic E-state index is -3.47. The summed E-state index contributed by atoms with van der Waals surface area (Å²) in [7, 11) is -1.80. The lowest BCUT2D eigenvalue weighted by Crippen LogP contribution is -2.39. The number of anilines is 1. The molecule has 1 fully saturated rings. The maximum absolute atomic E-state index is 14.2. The van der Waals surface area contributed by atoms with Crippen molar-refractivity contribution in [3.63, 3.8) is 0 Å². The van der Waals surface area contributed by atoms with Crippen molar-refractivity contribution in [3.05, 3.63) is 58.5 Å². The van der Waals surface area contributed by atoms with Crippen LogP contribution in [0.2, 0.25) is 0 Å². The first-order valence-electron chi connectivity index (χ1n) is 13.3. The van der Waals surface area contributed by atoms with Crippen LogP contribution in [-0.2, 0) is 9.84 Å². The Morgan fingerprint density at radius 2 is 1.54 bits per heavy atom. The van der Waals surface area contributed by atoms with Crippen molar-refractivity contribution in [1.82, 2.24) is 4.98 Å². The number of rotatable bonds is 8. The van der Waals surface area contributed by atoms with Crippen molar-refractivity contribution >= 4 is 26.3 Å². The Labute approximate surface area is 226 Å². The SMILES string of the molecule is COc1ccccc1-c1csc(N2CCC(S(=O)(=O)c3c(C(C)C)cc(C(C)C)cc3C(C)C)CC2)n1. The molecule has 0 N–H and O–H groups in total. The van der Waals surface area contributed by atoms with Crippen LogP contribution in [0.15, 0.2) is 46.7 Å². The number of benzene rings is 2. The zero-order valence-electron chi connectivity index (χ0n) is 23.1. The van der Waals surface area contributed by atoms with E-state index in [0.29, 0.717) is 36.7 Å². The fraction of sp³-hybridized carbons (Fsp3) is 0.500. The van der Waals surface area contributed by atoms with Crippen LogP contribution in [0, 0.1) is 0 Å². The lowest BCUT2D eigenvalue weighted by atomic mass is 9.89. The summed E-state index contributed by atoms with van der Waals surface area (Å²) in [6.45, 7) is 14.1. The number of nitrogens with zero attached hydrogens (tertiary/aromatic N) is 2. The number of piperidine rings is 1. The van der Waals surface area contributed by atoms with Crippen LogP contribution in [0.4, 0.5) is 5.13 Å². The van der Waals surface area contributed by atoms with Crippen LogP contribution in [0.5, 0.6) is 5.75 Å². The number of ether oxygens (including phenoxy) is 1. The van der Waals surface area contributed by atoms with Crippen molar-refractivity contribution < 1.29 is 13.2 Å². The van der Waals surface area contributed by atoms with Gasteiger partial charge in [-0.3, -0.25) is 0 Å². The van der Waals surface area contributed by atoms with Gasteiger partial charge in [0.15, 0.2) is 15.0 Å². The highest BCUT2D eigenvalue weighted by atomic mass is 32.2. The van der Waals surface area contributed by atoms with Crippen LogP contribution in [0.1, 0.15) is 88.8 Å². The highest BCUT2D eigenvalue weighted by molar-refractivity contribution is 7.92. The summed E-state index contributed by atoms with van der Waals surface area (Å²) in [6.07, 6.45) is 1.21. The predicted octanol–water partition coefficient (Wildman–Crippen LogP) is 7.63. The predicted molar refractivity (Wildman–Crippen MR) is 155 cm³/mol. The monoisotopic (exact) mass is 540 g/mol. The Hall–Kier alpha value is -2.38. The van der Waals surface area contributed by atoms with E-state index in [1.54, 1.807) is 18.4 Å². The molecular weight excluding hydrogens is 500 g/mol. The van der Waals surface area contributed by atoms with Crippen molar-refractivity contribution in [1.29, 1.82) is 0 Å². The second-order valence-electron chi connectivity index (χ2n) is 10.9. The zero-order valence-corrected chi connectivity index (χ0v) is 24.7. The molecule has 2 aromatic carbocycles. The molecule has 0 unspecified atom stereocenters. The van der Waals surface area contributed by atoms with E-state index in [4.69, 9.17) is 9.72 Å². The topological polar surface area (TPSA) is 59.5 Å². The molecule has 0 radical (unpaired) electrons. The number of hydrogen-bond donors (Lipinski definition) is 0. The first-order chi connectivity index (χ1) is 17.5.